The highest BCUT2D eigenvalue weighted by Gasteiger charge is 2.19. The highest BCUT2D eigenvalue weighted by atomic mass is 16.5. The van der Waals surface area contributed by atoms with Gasteiger partial charge in [0.25, 0.3) is 0 Å². The lowest BCUT2D eigenvalue weighted by atomic mass is 10.0. The first-order chi connectivity index (χ1) is 13.9. The summed E-state index contributed by atoms with van der Waals surface area (Å²) in [4.78, 5) is 10.9. The standard InChI is InChI=1S/C24H50N2O3/c1-4-5-6-7-8-9-10-11-12-13-14-15-16-17-19-23(25-29)20-18-21-26(2,3)22-24(27)28/h23,25,29H,4-22H2,1-3H3/p+1. The maximum absolute atomic E-state index is 10.9. The second-order valence-corrected chi connectivity index (χ2v) is 9.56. The van der Waals surface area contributed by atoms with Gasteiger partial charge in [-0.3, -0.25) is 0 Å². The molecular formula is C24H51N2O3+. The van der Waals surface area contributed by atoms with E-state index in [0.29, 0.717) is 4.48 Å². The summed E-state index contributed by atoms with van der Waals surface area (Å²) >= 11 is 0. The van der Waals surface area contributed by atoms with Gasteiger partial charge in [-0.1, -0.05) is 96.8 Å². The number of rotatable bonds is 22. The molecule has 3 N–H and O–H groups in total. The molecule has 0 aliphatic heterocycles. The van der Waals surface area contributed by atoms with E-state index in [0.717, 1.165) is 32.2 Å². The largest absolute Gasteiger partial charge is 0.477 e. The quantitative estimate of drug-likeness (QED) is 0.113. The summed E-state index contributed by atoms with van der Waals surface area (Å²) in [6.45, 7) is 3.24. The summed E-state index contributed by atoms with van der Waals surface area (Å²) in [5.41, 5.74) is 2.45. The number of aliphatic carboxylic acids is 1. The van der Waals surface area contributed by atoms with Crippen LogP contribution in [0.15, 0.2) is 0 Å². The lowest BCUT2D eigenvalue weighted by Gasteiger charge is -2.28. The van der Waals surface area contributed by atoms with E-state index in [9.17, 15) is 10.0 Å². The van der Waals surface area contributed by atoms with Crippen molar-refractivity contribution in [1.82, 2.24) is 5.48 Å². The monoisotopic (exact) mass is 415 g/mol. The molecular weight excluding hydrogens is 364 g/mol. The molecule has 0 amide bonds. The summed E-state index contributed by atoms with van der Waals surface area (Å²) in [5, 5.41) is 18.3. The topological polar surface area (TPSA) is 69.6 Å². The van der Waals surface area contributed by atoms with Crippen LogP contribution in [0.5, 0.6) is 0 Å². The predicted molar refractivity (Wildman–Crippen MR) is 122 cm³/mol. The van der Waals surface area contributed by atoms with E-state index in [1.165, 1.54) is 83.5 Å². The molecule has 0 radical (unpaired) electrons. The molecule has 0 heterocycles. The minimum atomic E-state index is -0.755. The average Bonchev–Trinajstić information content (AvgIpc) is 2.65. The zero-order chi connectivity index (χ0) is 21.8. The number of carbonyl (C=O) groups is 1. The second-order valence-electron chi connectivity index (χ2n) is 9.56. The Labute approximate surface area is 180 Å². The second kappa shape index (κ2) is 19.3. The molecule has 0 fully saturated rings. The van der Waals surface area contributed by atoms with Crippen molar-refractivity contribution in [1.29, 1.82) is 0 Å². The number of carboxylic acid groups (broad SMARTS) is 1. The van der Waals surface area contributed by atoms with Crippen molar-refractivity contribution >= 4 is 5.97 Å². The van der Waals surface area contributed by atoms with Crippen molar-refractivity contribution in [2.75, 3.05) is 27.2 Å². The third-order valence-corrected chi connectivity index (χ3v) is 5.97. The molecule has 0 aromatic carbocycles. The number of likely N-dealkylation sites (N-methyl/N-ethyl adjacent to an activating group) is 1. The Morgan fingerprint density at radius 1 is 0.759 bits per heavy atom. The third-order valence-electron chi connectivity index (χ3n) is 5.97. The van der Waals surface area contributed by atoms with Gasteiger partial charge in [-0.05, 0) is 19.3 Å². The number of hydrogen-bond donors (Lipinski definition) is 3. The van der Waals surface area contributed by atoms with Crippen LogP contribution in [0.25, 0.3) is 0 Å². The minimum absolute atomic E-state index is 0.136. The van der Waals surface area contributed by atoms with Crippen LogP contribution in [-0.4, -0.2) is 54.0 Å². The molecule has 0 aliphatic carbocycles. The van der Waals surface area contributed by atoms with Gasteiger partial charge in [0, 0.05) is 6.04 Å². The van der Waals surface area contributed by atoms with E-state index in [1.807, 2.05) is 14.1 Å². The molecule has 0 aromatic heterocycles. The van der Waals surface area contributed by atoms with Gasteiger partial charge in [-0.15, -0.1) is 0 Å². The number of quaternary nitrogens is 1. The van der Waals surface area contributed by atoms with E-state index < -0.39 is 5.97 Å². The Morgan fingerprint density at radius 2 is 1.17 bits per heavy atom. The zero-order valence-electron chi connectivity index (χ0n) is 19.8. The molecule has 174 valence electrons. The number of unbranched alkanes of at least 4 members (excludes halogenated alkanes) is 13. The fourth-order valence-electron chi connectivity index (χ4n) is 4.07. The zero-order valence-corrected chi connectivity index (χ0v) is 19.8. The van der Waals surface area contributed by atoms with Crippen LogP contribution >= 0.6 is 0 Å². The smallest absolute Gasteiger partial charge is 0.359 e. The minimum Gasteiger partial charge on any atom is -0.477 e. The molecule has 0 aliphatic rings. The van der Waals surface area contributed by atoms with Gasteiger partial charge in [0.15, 0.2) is 6.54 Å². The number of carboxylic acids is 1. The highest BCUT2D eigenvalue weighted by Crippen LogP contribution is 2.15. The molecule has 0 saturated heterocycles. The van der Waals surface area contributed by atoms with Crippen molar-refractivity contribution in [2.45, 2.75) is 122 Å². The first kappa shape index (κ1) is 28.4. The summed E-state index contributed by atoms with van der Waals surface area (Å²) in [5.74, 6) is -0.755. The van der Waals surface area contributed by atoms with Crippen LogP contribution in [0.4, 0.5) is 0 Å². The van der Waals surface area contributed by atoms with Crippen LogP contribution in [-0.2, 0) is 4.79 Å². The van der Waals surface area contributed by atoms with Crippen molar-refractivity contribution in [3.63, 3.8) is 0 Å². The number of hydroxylamine groups is 1. The Morgan fingerprint density at radius 3 is 1.59 bits per heavy atom. The fourth-order valence-corrected chi connectivity index (χ4v) is 4.07. The van der Waals surface area contributed by atoms with E-state index in [2.05, 4.69) is 12.4 Å². The van der Waals surface area contributed by atoms with Gasteiger partial charge >= 0.3 is 5.97 Å². The lowest BCUT2D eigenvalue weighted by molar-refractivity contribution is -0.883. The molecule has 0 bridgehead atoms. The van der Waals surface area contributed by atoms with Gasteiger partial charge < -0.3 is 14.8 Å². The Kier molecular flexibility index (Phi) is 18.9. The molecule has 0 rings (SSSR count). The summed E-state index contributed by atoms with van der Waals surface area (Å²) in [7, 11) is 3.90. The summed E-state index contributed by atoms with van der Waals surface area (Å²) < 4.78 is 0.492. The van der Waals surface area contributed by atoms with Gasteiger partial charge in [0.1, 0.15) is 0 Å². The van der Waals surface area contributed by atoms with Crippen LogP contribution in [0.3, 0.4) is 0 Å². The van der Waals surface area contributed by atoms with E-state index in [-0.39, 0.29) is 12.6 Å². The van der Waals surface area contributed by atoms with Crippen LogP contribution in [0, 0.1) is 0 Å². The predicted octanol–water partition coefficient (Wildman–Crippen LogP) is 6.15. The number of hydrogen-bond acceptors (Lipinski definition) is 3. The first-order valence-electron chi connectivity index (χ1n) is 12.3. The molecule has 0 spiro atoms. The molecule has 0 aromatic rings. The van der Waals surface area contributed by atoms with Gasteiger partial charge in [0.2, 0.25) is 0 Å². The Bertz CT molecular complexity index is 375. The van der Waals surface area contributed by atoms with Gasteiger partial charge in [-0.25, -0.2) is 10.3 Å². The summed E-state index contributed by atoms with van der Waals surface area (Å²) in [6.07, 6.45) is 21.9. The normalized spacial score (nSPS) is 13.0. The maximum atomic E-state index is 10.9. The van der Waals surface area contributed by atoms with Gasteiger partial charge in [0.05, 0.1) is 20.6 Å². The van der Waals surface area contributed by atoms with Crippen LogP contribution in [0.1, 0.15) is 116 Å². The Balaban J connectivity index is 3.46. The molecule has 1 atom stereocenters. The molecule has 0 saturated carbocycles. The van der Waals surface area contributed by atoms with E-state index in [4.69, 9.17) is 5.11 Å². The molecule has 1 unspecified atom stereocenters. The number of nitrogens with one attached hydrogen (secondary N) is 1. The lowest BCUT2D eigenvalue weighted by Crippen LogP contribution is -2.44. The van der Waals surface area contributed by atoms with Crippen molar-refractivity contribution in [3.05, 3.63) is 0 Å². The first-order valence-corrected chi connectivity index (χ1v) is 12.3. The average molecular weight is 416 g/mol. The maximum Gasteiger partial charge on any atom is 0.359 e. The summed E-state index contributed by atoms with van der Waals surface area (Å²) in [6, 6.07) is 0.136. The van der Waals surface area contributed by atoms with Crippen LogP contribution in [0.2, 0.25) is 0 Å². The number of nitrogens with zero attached hydrogens (tertiary/aromatic N) is 1. The van der Waals surface area contributed by atoms with E-state index in [1.54, 1.807) is 0 Å². The third kappa shape index (κ3) is 20.4. The SMILES string of the molecule is CCCCCCCCCCCCCCCCC(CCC[N+](C)(C)CC(=O)O)NO. The Hall–Kier alpha value is -0.650. The van der Waals surface area contributed by atoms with Gasteiger partial charge in [-0.2, -0.15) is 0 Å². The van der Waals surface area contributed by atoms with Crippen molar-refractivity contribution in [2.24, 2.45) is 0 Å². The van der Waals surface area contributed by atoms with Crippen molar-refractivity contribution < 1.29 is 19.6 Å². The van der Waals surface area contributed by atoms with E-state index >= 15 is 0 Å². The fraction of sp³-hybridized carbons (Fsp3) is 0.958. The van der Waals surface area contributed by atoms with Crippen molar-refractivity contribution in [3.8, 4) is 0 Å². The molecule has 29 heavy (non-hydrogen) atoms. The highest BCUT2D eigenvalue weighted by molar-refractivity contribution is 5.67. The molecule has 5 heteroatoms. The molecule has 5 nitrogen and oxygen atoms in total. The van der Waals surface area contributed by atoms with Crippen LogP contribution < -0.4 is 5.48 Å².